The summed E-state index contributed by atoms with van der Waals surface area (Å²) in [6.07, 6.45) is 6.38. The molecule has 2 aromatic rings. The summed E-state index contributed by atoms with van der Waals surface area (Å²) in [5.74, 6) is 1.26. The highest BCUT2D eigenvalue weighted by atomic mass is 16.5. The minimum atomic E-state index is -0.402. The summed E-state index contributed by atoms with van der Waals surface area (Å²) in [7, 11) is 0. The average molecular weight is 271 g/mol. The topological polar surface area (TPSA) is 64.9 Å². The highest BCUT2D eigenvalue weighted by molar-refractivity contribution is 5.58. The van der Waals surface area contributed by atoms with Crippen molar-refractivity contribution in [3.05, 3.63) is 35.7 Å². The molecule has 1 aromatic carbocycles. The van der Waals surface area contributed by atoms with E-state index in [1.807, 2.05) is 18.2 Å². The first-order chi connectivity index (χ1) is 9.73. The molecule has 0 bridgehead atoms. The van der Waals surface area contributed by atoms with Gasteiger partial charge in [0.15, 0.2) is 5.82 Å². The Morgan fingerprint density at radius 2 is 1.95 bits per heavy atom. The van der Waals surface area contributed by atoms with E-state index in [2.05, 4.69) is 23.1 Å². The lowest BCUT2D eigenvalue weighted by molar-refractivity contribution is 0.275. The largest absolute Gasteiger partial charge is 0.334 e. The van der Waals surface area contributed by atoms with E-state index in [-0.39, 0.29) is 0 Å². The van der Waals surface area contributed by atoms with E-state index in [4.69, 9.17) is 10.3 Å². The van der Waals surface area contributed by atoms with Gasteiger partial charge in [-0.15, -0.1) is 0 Å². The predicted octanol–water partition coefficient (Wildman–Crippen LogP) is 3.42. The van der Waals surface area contributed by atoms with Crippen LogP contribution in [0.5, 0.6) is 0 Å². The number of hydrogen-bond acceptors (Lipinski definition) is 4. The van der Waals surface area contributed by atoms with E-state index in [9.17, 15) is 0 Å². The Morgan fingerprint density at radius 3 is 2.70 bits per heavy atom. The fourth-order valence-corrected chi connectivity index (χ4v) is 2.98. The van der Waals surface area contributed by atoms with Crippen molar-refractivity contribution in [1.82, 2.24) is 10.1 Å². The molecule has 3 rings (SSSR count). The van der Waals surface area contributed by atoms with E-state index in [1.165, 1.54) is 12.0 Å². The summed E-state index contributed by atoms with van der Waals surface area (Å²) < 4.78 is 5.47. The van der Waals surface area contributed by atoms with Crippen LogP contribution in [0, 0.1) is 0 Å². The molecule has 4 nitrogen and oxygen atoms in total. The van der Waals surface area contributed by atoms with Crippen LogP contribution in [0.25, 0.3) is 11.5 Å². The van der Waals surface area contributed by atoms with Crippen LogP contribution in [0.4, 0.5) is 0 Å². The van der Waals surface area contributed by atoms with Crippen molar-refractivity contribution >= 4 is 0 Å². The first kappa shape index (κ1) is 13.3. The lowest BCUT2D eigenvalue weighted by Crippen LogP contribution is -2.39. The van der Waals surface area contributed by atoms with Crippen LogP contribution >= 0.6 is 0 Å². The summed E-state index contributed by atoms with van der Waals surface area (Å²) >= 11 is 0. The molecule has 1 saturated carbocycles. The van der Waals surface area contributed by atoms with Gasteiger partial charge in [-0.2, -0.15) is 4.98 Å². The molecule has 1 aliphatic carbocycles. The van der Waals surface area contributed by atoms with Gasteiger partial charge in [-0.05, 0) is 30.9 Å². The Kier molecular flexibility index (Phi) is 3.57. The number of nitrogens with two attached hydrogens (primary N) is 1. The molecule has 0 spiro atoms. The molecule has 1 heterocycles. The molecule has 0 radical (unpaired) electrons. The van der Waals surface area contributed by atoms with Crippen molar-refractivity contribution in [2.45, 2.75) is 51.0 Å². The molecule has 2 N–H and O–H groups in total. The Morgan fingerprint density at radius 1 is 1.20 bits per heavy atom. The summed E-state index contributed by atoms with van der Waals surface area (Å²) in [5.41, 5.74) is 8.30. The average Bonchev–Trinajstić information content (AvgIpc) is 2.98. The van der Waals surface area contributed by atoms with Crippen LogP contribution in [-0.2, 0) is 12.0 Å². The second-order valence-electron chi connectivity index (χ2n) is 5.65. The Balaban J connectivity index is 1.94. The lowest BCUT2D eigenvalue weighted by Gasteiger charge is -2.29. The SMILES string of the molecule is CCc1ccccc1-c1nc(C2(N)CCCCC2)no1. The Hall–Kier alpha value is -1.68. The van der Waals surface area contributed by atoms with Gasteiger partial charge < -0.3 is 10.3 Å². The van der Waals surface area contributed by atoms with Crippen molar-refractivity contribution in [2.75, 3.05) is 0 Å². The number of hydrogen-bond donors (Lipinski definition) is 1. The van der Waals surface area contributed by atoms with Gasteiger partial charge in [-0.3, -0.25) is 0 Å². The van der Waals surface area contributed by atoms with Crippen LogP contribution in [0.3, 0.4) is 0 Å². The minimum absolute atomic E-state index is 0.402. The highest BCUT2D eigenvalue weighted by Gasteiger charge is 2.34. The zero-order valence-electron chi connectivity index (χ0n) is 11.9. The molecule has 0 saturated heterocycles. The van der Waals surface area contributed by atoms with Crippen molar-refractivity contribution in [3.63, 3.8) is 0 Å². The number of nitrogens with zero attached hydrogens (tertiary/aromatic N) is 2. The molecule has 1 fully saturated rings. The fourth-order valence-electron chi connectivity index (χ4n) is 2.98. The van der Waals surface area contributed by atoms with Gasteiger partial charge >= 0.3 is 0 Å². The zero-order chi connectivity index (χ0) is 14.0. The molecular formula is C16H21N3O. The maximum atomic E-state index is 6.46. The maximum Gasteiger partial charge on any atom is 0.258 e. The smallest absolute Gasteiger partial charge is 0.258 e. The van der Waals surface area contributed by atoms with Gasteiger partial charge in [0.1, 0.15) is 0 Å². The van der Waals surface area contributed by atoms with Crippen molar-refractivity contribution in [2.24, 2.45) is 5.73 Å². The van der Waals surface area contributed by atoms with Crippen molar-refractivity contribution < 1.29 is 4.52 Å². The molecule has 0 amide bonds. The molecule has 0 aliphatic heterocycles. The number of benzene rings is 1. The van der Waals surface area contributed by atoms with Gasteiger partial charge in [0.2, 0.25) is 0 Å². The number of aromatic nitrogens is 2. The van der Waals surface area contributed by atoms with Gasteiger partial charge in [0, 0.05) is 5.56 Å². The molecule has 1 aliphatic rings. The van der Waals surface area contributed by atoms with Gasteiger partial charge in [0.05, 0.1) is 5.54 Å². The number of rotatable bonds is 3. The second kappa shape index (κ2) is 5.37. The first-order valence-electron chi connectivity index (χ1n) is 7.44. The first-order valence-corrected chi connectivity index (χ1v) is 7.44. The summed E-state index contributed by atoms with van der Waals surface area (Å²) in [6, 6.07) is 8.15. The third kappa shape index (κ3) is 2.36. The van der Waals surface area contributed by atoms with Crippen LogP contribution in [0.15, 0.2) is 28.8 Å². The standard InChI is InChI=1S/C16H21N3O/c1-2-12-8-4-5-9-13(12)14-18-15(19-20-14)16(17)10-6-3-7-11-16/h4-5,8-9H,2-3,6-7,10-11,17H2,1H3. The number of aryl methyl sites for hydroxylation is 1. The fraction of sp³-hybridized carbons (Fsp3) is 0.500. The molecule has 4 heteroatoms. The molecular weight excluding hydrogens is 250 g/mol. The van der Waals surface area contributed by atoms with E-state index in [0.717, 1.165) is 37.7 Å². The highest BCUT2D eigenvalue weighted by Crippen LogP contribution is 2.34. The summed E-state index contributed by atoms with van der Waals surface area (Å²) in [5, 5.41) is 4.15. The van der Waals surface area contributed by atoms with Gasteiger partial charge in [-0.1, -0.05) is 49.5 Å². The van der Waals surface area contributed by atoms with Crippen LogP contribution < -0.4 is 5.73 Å². The molecule has 0 unspecified atom stereocenters. The summed E-state index contributed by atoms with van der Waals surface area (Å²) in [4.78, 5) is 4.58. The molecule has 0 atom stereocenters. The Bertz CT molecular complexity index is 585. The van der Waals surface area contributed by atoms with E-state index in [1.54, 1.807) is 0 Å². The second-order valence-corrected chi connectivity index (χ2v) is 5.65. The molecule has 1 aromatic heterocycles. The molecule has 106 valence electrons. The Labute approximate surface area is 119 Å². The lowest BCUT2D eigenvalue weighted by atomic mass is 9.82. The summed E-state index contributed by atoms with van der Waals surface area (Å²) in [6.45, 7) is 2.13. The minimum Gasteiger partial charge on any atom is -0.334 e. The van der Waals surface area contributed by atoms with E-state index < -0.39 is 5.54 Å². The normalized spacial score (nSPS) is 18.1. The van der Waals surface area contributed by atoms with Crippen LogP contribution in [0.2, 0.25) is 0 Å². The monoisotopic (exact) mass is 271 g/mol. The van der Waals surface area contributed by atoms with E-state index >= 15 is 0 Å². The third-order valence-electron chi connectivity index (χ3n) is 4.25. The predicted molar refractivity (Wildman–Crippen MR) is 78.1 cm³/mol. The van der Waals surface area contributed by atoms with Crippen LogP contribution in [-0.4, -0.2) is 10.1 Å². The van der Waals surface area contributed by atoms with Crippen LogP contribution in [0.1, 0.15) is 50.4 Å². The maximum absolute atomic E-state index is 6.46. The van der Waals surface area contributed by atoms with Crippen molar-refractivity contribution in [3.8, 4) is 11.5 Å². The zero-order valence-corrected chi connectivity index (χ0v) is 11.9. The van der Waals surface area contributed by atoms with Gasteiger partial charge in [-0.25, -0.2) is 0 Å². The van der Waals surface area contributed by atoms with Crippen molar-refractivity contribution in [1.29, 1.82) is 0 Å². The van der Waals surface area contributed by atoms with Gasteiger partial charge in [0.25, 0.3) is 5.89 Å². The molecule has 20 heavy (non-hydrogen) atoms. The third-order valence-corrected chi connectivity index (χ3v) is 4.25. The quantitative estimate of drug-likeness (QED) is 0.929. The van der Waals surface area contributed by atoms with E-state index in [0.29, 0.717) is 11.7 Å².